The lowest BCUT2D eigenvalue weighted by molar-refractivity contribution is 0.0681. The molecule has 90 valence electrons. The molecule has 0 saturated heterocycles. The Morgan fingerprint density at radius 3 is 2.50 bits per heavy atom. The third-order valence-corrected chi connectivity index (χ3v) is 2.22. The Labute approximate surface area is 103 Å². The predicted octanol–water partition coefficient (Wildman–Crippen LogP) is 2.00. The van der Waals surface area contributed by atoms with Crippen molar-refractivity contribution in [3.8, 4) is 5.75 Å². The Kier molecular flexibility index (Phi) is 3.33. The number of pyridine rings is 1. The van der Waals surface area contributed by atoms with E-state index in [0.717, 1.165) is 6.20 Å². The molecule has 2 aromatic rings. The van der Waals surface area contributed by atoms with E-state index in [1.807, 2.05) is 0 Å². The topological polar surface area (TPSA) is 76.5 Å². The third kappa shape index (κ3) is 2.52. The third-order valence-electron chi connectivity index (χ3n) is 2.22. The number of nitrogens with zero attached hydrogens (tertiary/aromatic N) is 1. The molecule has 1 aromatic carbocycles. The first-order valence-electron chi connectivity index (χ1n) is 5.13. The number of aromatic carboxylic acids is 1. The number of esters is 1. The van der Waals surface area contributed by atoms with Crippen LogP contribution in [0.2, 0.25) is 0 Å². The summed E-state index contributed by atoms with van der Waals surface area (Å²) in [6, 6.07) is 9.67. The summed E-state index contributed by atoms with van der Waals surface area (Å²) < 4.78 is 5.03. The monoisotopic (exact) mass is 243 g/mol. The molecule has 1 N–H and O–H groups in total. The SMILES string of the molecule is O=C(Oc1ccncc1C(=O)O)c1ccccc1. The van der Waals surface area contributed by atoms with Gasteiger partial charge in [0, 0.05) is 18.5 Å². The van der Waals surface area contributed by atoms with Crippen LogP contribution in [0, 0.1) is 0 Å². The second-order valence-electron chi connectivity index (χ2n) is 3.43. The van der Waals surface area contributed by atoms with Crippen LogP contribution in [0.4, 0.5) is 0 Å². The van der Waals surface area contributed by atoms with E-state index in [9.17, 15) is 9.59 Å². The normalized spacial score (nSPS) is 9.78. The fourth-order valence-corrected chi connectivity index (χ4v) is 1.36. The van der Waals surface area contributed by atoms with Crippen molar-refractivity contribution in [2.45, 2.75) is 0 Å². The van der Waals surface area contributed by atoms with Crippen LogP contribution in [-0.4, -0.2) is 22.0 Å². The van der Waals surface area contributed by atoms with E-state index in [1.165, 1.54) is 12.3 Å². The Morgan fingerprint density at radius 2 is 1.83 bits per heavy atom. The van der Waals surface area contributed by atoms with Crippen molar-refractivity contribution in [1.29, 1.82) is 0 Å². The Morgan fingerprint density at radius 1 is 1.11 bits per heavy atom. The van der Waals surface area contributed by atoms with Crippen molar-refractivity contribution in [3.63, 3.8) is 0 Å². The van der Waals surface area contributed by atoms with Gasteiger partial charge in [-0.3, -0.25) is 4.98 Å². The molecule has 1 heterocycles. The summed E-state index contributed by atoms with van der Waals surface area (Å²) in [6.07, 6.45) is 2.50. The van der Waals surface area contributed by atoms with Gasteiger partial charge < -0.3 is 9.84 Å². The van der Waals surface area contributed by atoms with Crippen LogP contribution in [0.25, 0.3) is 0 Å². The van der Waals surface area contributed by atoms with Gasteiger partial charge in [-0.2, -0.15) is 0 Å². The van der Waals surface area contributed by atoms with Crippen molar-refractivity contribution in [2.75, 3.05) is 0 Å². The second-order valence-corrected chi connectivity index (χ2v) is 3.43. The summed E-state index contributed by atoms with van der Waals surface area (Å²) in [4.78, 5) is 26.3. The lowest BCUT2D eigenvalue weighted by atomic mass is 10.2. The maximum atomic E-state index is 11.8. The van der Waals surface area contributed by atoms with E-state index in [0.29, 0.717) is 5.56 Å². The number of carboxylic acid groups (broad SMARTS) is 1. The average molecular weight is 243 g/mol. The standard InChI is InChI=1S/C13H9NO4/c15-12(16)10-8-14-7-6-11(10)18-13(17)9-4-2-1-3-5-9/h1-8H,(H,15,16). The minimum atomic E-state index is -1.20. The van der Waals surface area contributed by atoms with Gasteiger partial charge in [0.1, 0.15) is 11.3 Å². The van der Waals surface area contributed by atoms with Crippen LogP contribution in [0.1, 0.15) is 20.7 Å². The predicted molar refractivity (Wildman–Crippen MR) is 62.6 cm³/mol. The van der Waals surface area contributed by atoms with Crippen LogP contribution < -0.4 is 4.74 Å². The summed E-state index contributed by atoms with van der Waals surface area (Å²) in [5, 5.41) is 8.92. The highest BCUT2D eigenvalue weighted by Gasteiger charge is 2.15. The van der Waals surface area contributed by atoms with Gasteiger partial charge in [-0.1, -0.05) is 18.2 Å². The zero-order valence-electron chi connectivity index (χ0n) is 9.24. The quantitative estimate of drug-likeness (QED) is 0.834. The van der Waals surface area contributed by atoms with Gasteiger partial charge in [-0.15, -0.1) is 0 Å². The fourth-order valence-electron chi connectivity index (χ4n) is 1.36. The molecule has 0 unspecified atom stereocenters. The molecule has 1 aromatic heterocycles. The van der Waals surface area contributed by atoms with Gasteiger partial charge >= 0.3 is 11.9 Å². The molecule has 5 nitrogen and oxygen atoms in total. The minimum absolute atomic E-state index is 0.0219. The fraction of sp³-hybridized carbons (Fsp3) is 0. The van der Waals surface area contributed by atoms with E-state index in [4.69, 9.17) is 9.84 Å². The summed E-state index contributed by atoms with van der Waals surface area (Å²) in [5.74, 6) is -1.82. The number of carbonyl (C=O) groups excluding carboxylic acids is 1. The Balaban J connectivity index is 2.25. The summed E-state index contributed by atoms with van der Waals surface area (Å²) in [6.45, 7) is 0. The molecule has 0 spiro atoms. The minimum Gasteiger partial charge on any atom is -0.477 e. The Bertz CT molecular complexity index is 581. The van der Waals surface area contributed by atoms with Gasteiger partial charge in [0.05, 0.1) is 5.56 Å². The molecule has 0 fully saturated rings. The van der Waals surface area contributed by atoms with E-state index < -0.39 is 11.9 Å². The van der Waals surface area contributed by atoms with Crippen LogP contribution in [-0.2, 0) is 0 Å². The van der Waals surface area contributed by atoms with E-state index in [-0.39, 0.29) is 11.3 Å². The average Bonchev–Trinajstić information content (AvgIpc) is 2.40. The highest BCUT2D eigenvalue weighted by molar-refractivity contribution is 5.95. The highest BCUT2D eigenvalue weighted by Crippen LogP contribution is 2.18. The molecule has 0 aliphatic rings. The van der Waals surface area contributed by atoms with Gasteiger partial charge in [0.25, 0.3) is 0 Å². The molecule has 5 heteroatoms. The number of hydrogen-bond acceptors (Lipinski definition) is 4. The summed E-state index contributed by atoms with van der Waals surface area (Å²) in [5.41, 5.74) is 0.201. The molecular formula is C13H9NO4. The van der Waals surface area contributed by atoms with Crippen LogP contribution in [0.5, 0.6) is 5.75 Å². The van der Waals surface area contributed by atoms with Gasteiger partial charge in [-0.05, 0) is 12.1 Å². The zero-order chi connectivity index (χ0) is 13.0. The molecule has 0 aliphatic carbocycles. The molecule has 0 amide bonds. The van der Waals surface area contributed by atoms with Crippen molar-refractivity contribution in [2.24, 2.45) is 0 Å². The molecule has 0 radical (unpaired) electrons. The molecule has 0 aliphatic heterocycles. The number of carboxylic acids is 1. The maximum absolute atomic E-state index is 11.8. The van der Waals surface area contributed by atoms with E-state index in [1.54, 1.807) is 30.3 Å². The van der Waals surface area contributed by atoms with Crippen molar-refractivity contribution >= 4 is 11.9 Å². The number of benzene rings is 1. The molecule has 2 rings (SSSR count). The smallest absolute Gasteiger partial charge is 0.343 e. The van der Waals surface area contributed by atoms with Gasteiger partial charge in [0.15, 0.2) is 0 Å². The van der Waals surface area contributed by atoms with Gasteiger partial charge in [0.2, 0.25) is 0 Å². The van der Waals surface area contributed by atoms with E-state index in [2.05, 4.69) is 4.98 Å². The van der Waals surface area contributed by atoms with Crippen molar-refractivity contribution in [3.05, 3.63) is 59.9 Å². The molecule has 0 atom stereocenters. The van der Waals surface area contributed by atoms with Crippen LogP contribution in [0.15, 0.2) is 48.8 Å². The molecule has 0 bridgehead atoms. The first-order chi connectivity index (χ1) is 8.68. The van der Waals surface area contributed by atoms with Crippen LogP contribution >= 0.6 is 0 Å². The highest BCUT2D eigenvalue weighted by atomic mass is 16.5. The first kappa shape index (κ1) is 11.8. The number of rotatable bonds is 3. The second kappa shape index (κ2) is 5.09. The van der Waals surface area contributed by atoms with E-state index >= 15 is 0 Å². The largest absolute Gasteiger partial charge is 0.477 e. The molecular weight excluding hydrogens is 234 g/mol. The zero-order valence-corrected chi connectivity index (χ0v) is 9.24. The maximum Gasteiger partial charge on any atom is 0.343 e. The summed E-state index contributed by atoms with van der Waals surface area (Å²) >= 11 is 0. The lowest BCUT2D eigenvalue weighted by Crippen LogP contribution is -2.11. The van der Waals surface area contributed by atoms with Crippen LogP contribution in [0.3, 0.4) is 0 Å². The lowest BCUT2D eigenvalue weighted by Gasteiger charge is -2.06. The molecule has 18 heavy (non-hydrogen) atoms. The first-order valence-corrected chi connectivity index (χ1v) is 5.13. The number of carbonyl (C=O) groups is 2. The van der Waals surface area contributed by atoms with Crippen molar-refractivity contribution < 1.29 is 19.4 Å². The number of aromatic nitrogens is 1. The molecule has 0 saturated carbocycles. The summed E-state index contributed by atoms with van der Waals surface area (Å²) in [7, 11) is 0. The van der Waals surface area contributed by atoms with Crippen molar-refractivity contribution in [1.82, 2.24) is 4.98 Å². The number of ether oxygens (including phenoxy) is 1. The number of hydrogen-bond donors (Lipinski definition) is 1. The Hall–Kier alpha value is -2.69. The van der Waals surface area contributed by atoms with Gasteiger partial charge in [-0.25, -0.2) is 9.59 Å².